The van der Waals surface area contributed by atoms with Crippen molar-refractivity contribution < 1.29 is 9.53 Å². The van der Waals surface area contributed by atoms with Crippen molar-refractivity contribution in [3.63, 3.8) is 0 Å². The van der Waals surface area contributed by atoms with Gasteiger partial charge in [0.1, 0.15) is 0 Å². The lowest BCUT2D eigenvalue weighted by molar-refractivity contribution is -0.145. The van der Waals surface area contributed by atoms with Crippen LogP contribution in [-0.4, -0.2) is 17.9 Å². The molecule has 0 saturated heterocycles. The zero-order chi connectivity index (χ0) is 8.69. The molecule has 0 aromatic carbocycles. The first-order chi connectivity index (χ1) is 5.22. The summed E-state index contributed by atoms with van der Waals surface area (Å²) in [4.78, 5) is 10.9. The van der Waals surface area contributed by atoms with Gasteiger partial charge in [0.2, 0.25) is 0 Å². The first-order valence-corrected chi connectivity index (χ1v) is 4.31. The Labute approximate surface area is 72.9 Å². The molecule has 0 bridgehead atoms. The molecule has 0 saturated carbocycles. The Morgan fingerprint density at radius 3 is 2.82 bits per heavy atom. The lowest BCUT2D eigenvalue weighted by Crippen LogP contribution is -2.15. The largest absolute Gasteiger partial charge is 0.465 e. The molecule has 0 spiro atoms. The third-order valence-electron chi connectivity index (χ3n) is 1.32. The lowest BCUT2D eigenvalue weighted by atomic mass is 10.2. The molecule has 0 rings (SSSR count). The number of carbonyl (C=O) groups excluding carboxylic acids is 1. The molecule has 0 aliphatic carbocycles. The summed E-state index contributed by atoms with van der Waals surface area (Å²) in [6.45, 7) is 4.31. The number of carbonyl (C=O) groups is 1. The lowest BCUT2D eigenvalue weighted by Gasteiger charge is -2.05. The van der Waals surface area contributed by atoms with Crippen molar-refractivity contribution in [3.8, 4) is 0 Å². The van der Waals surface area contributed by atoms with E-state index in [4.69, 9.17) is 4.74 Å². The molecular weight excluding hydrogens is 160 g/mol. The summed E-state index contributed by atoms with van der Waals surface area (Å²) < 4.78 is 4.90. The minimum atomic E-state index is -0.248. The molecule has 0 heterocycles. The summed E-state index contributed by atoms with van der Waals surface area (Å²) >= 11 is 4.60. The molecule has 64 valence electrons. The van der Waals surface area contributed by atoms with Gasteiger partial charge in [-0.1, -0.05) is 25.6 Å². The number of thiocarbonyl (C=S) groups is 1. The summed E-state index contributed by atoms with van der Waals surface area (Å²) in [7, 11) is 0. The van der Waals surface area contributed by atoms with E-state index in [9.17, 15) is 4.79 Å². The highest BCUT2D eigenvalue weighted by molar-refractivity contribution is 7.79. The van der Waals surface area contributed by atoms with Crippen molar-refractivity contribution >= 4 is 23.6 Å². The quantitative estimate of drug-likeness (QED) is 0.362. The zero-order valence-corrected chi connectivity index (χ0v) is 7.82. The molecule has 2 nitrogen and oxygen atoms in total. The van der Waals surface area contributed by atoms with Gasteiger partial charge in [-0.25, -0.2) is 0 Å². The Morgan fingerprint density at radius 1 is 1.73 bits per heavy atom. The van der Waals surface area contributed by atoms with Gasteiger partial charge in [-0.05, 0) is 18.7 Å². The Bertz CT molecular complexity index is 134. The Kier molecular flexibility index (Phi) is 6.03. The topological polar surface area (TPSA) is 26.3 Å². The first kappa shape index (κ1) is 10.6. The van der Waals surface area contributed by atoms with Crippen LogP contribution in [0.4, 0.5) is 0 Å². The van der Waals surface area contributed by atoms with Crippen LogP contribution in [0.3, 0.4) is 0 Å². The maximum atomic E-state index is 10.9. The normalized spacial score (nSPS) is 12.2. The Hall–Kier alpha value is -0.440. The van der Waals surface area contributed by atoms with Crippen molar-refractivity contribution in [1.82, 2.24) is 0 Å². The summed E-state index contributed by atoms with van der Waals surface area (Å²) in [6, 6.07) is 0. The van der Waals surface area contributed by atoms with E-state index in [1.165, 1.54) is 5.37 Å². The summed E-state index contributed by atoms with van der Waals surface area (Å²) in [5.41, 5.74) is 0. The molecule has 0 fully saturated rings. The minimum Gasteiger partial charge on any atom is -0.465 e. The fraction of sp³-hybridized carbons (Fsp3) is 0.750. The maximum Gasteiger partial charge on any atom is 0.313 e. The molecule has 0 radical (unpaired) electrons. The van der Waals surface area contributed by atoms with Gasteiger partial charge in [-0.15, -0.1) is 0 Å². The number of hydrogen-bond donors (Lipinski definition) is 0. The van der Waals surface area contributed by atoms with Crippen molar-refractivity contribution in [1.29, 1.82) is 0 Å². The third-order valence-corrected chi connectivity index (χ3v) is 1.73. The first-order valence-electron chi connectivity index (χ1n) is 3.84. The summed E-state index contributed by atoms with van der Waals surface area (Å²) in [6.07, 6.45) is 1.97. The highest BCUT2D eigenvalue weighted by Crippen LogP contribution is 1.96. The SMILES string of the molecule is CCCCOC(=O)C(C)C=S. The predicted octanol–water partition coefficient (Wildman–Crippen LogP) is 1.97. The molecule has 11 heavy (non-hydrogen) atoms. The highest BCUT2D eigenvalue weighted by atomic mass is 32.1. The van der Waals surface area contributed by atoms with Crippen LogP contribution in [0, 0.1) is 5.92 Å². The molecule has 0 N–H and O–H groups in total. The number of rotatable bonds is 5. The maximum absolute atomic E-state index is 10.9. The van der Waals surface area contributed by atoms with Crippen molar-refractivity contribution in [3.05, 3.63) is 0 Å². The van der Waals surface area contributed by atoms with Gasteiger partial charge in [0, 0.05) is 0 Å². The second kappa shape index (κ2) is 6.28. The van der Waals surface area contributed by atoms with Gasteiger partial charge in [-0.2, -0.15) is 0 Å². The molecule has 1 unspecified atom stereocenters. The van der Waals surface area contributed by atoms with Crippen molar-refractivity contribution in [2.75, 3.05) is 6.61 Å². The molecule has 0 aliphatic heterocycles. The van der Waals surface area contributed by atoms with Gasteiger partial charge in [-0.3, -0.25) is 4.79 Å². The van der Waals surface area contributed by atoms with E-state index >= 15 is 0 Å². The van der Waals surface area contributed by atoms with Crippen LogP contribution >= 0.6 is 12.2 Å². The molecule has 0 aromatic rings. The van der Waals surface area contributed by atoms with Gasteiger partial charge in [0.05, 0.1) is 12.5 Å². The van der Waals surface area contributed by atoms with Crippen LogP contribution < -0.4 is 0 Å². The van der Waals surface area contributed by atoms with E-state index in [1.54, 1.807) is 6.92 Å². The van der Waals surface area contributed by atoms with Crippen molar-refractivity contribution in [2.24, 2.45) is 5.92 Å². The van der Waals surface area contributed by atoms with E-state index in [-0.39, 0.29) is 11.9 Å². The molecule has 0 aliphatic rings. The summed E-state index contributed by atoms with van der Waals surface area (Å²) in [5, 5.41) is 1.42. The number of esters is 1. The molecule has 1 atom stereocenters. The highest BCUT2D eigenvalue weighted by Gasteiger charge is 2.09. The monoisotopic (exact) mass is 174 g/mol. The fourth-order valence-corrected chi connectivity index (χ4v) is 0.615. The predicted molar refractivity (Wildman–Crippen MR) is 48.7 cm³/mol. The van der Waals surface area contributed by atoms with E-state index in [0.717, 1.165) is 12.8 Å². The van der Waals surface area contributed by atoms with E-state index in [2.05, 4.69) is 19.1 Å². The second-order valence-electron chi connectivity index (χ2n) is 2.45. The van der Waals surface area contributed by atoms with Crippen LogP contribution in [0.25, 0.3) is 0 Å². The minimum absolute atomic E-state index is 0.214. The average Bonchev–Trinajstić information content (AvgIpc) is 2.03. The molecular formula is C8H14O2S. The smallest absolute Gasteiger partial charge is 0.313 e. The molecule has 0 aromatic heterocycles. The van der Waals surface area contributed by atoms with Crippen molar-refractivity contribution in [2.45, 2.75) is 26.7 Å². The standard InChI is InChI=1S/C8H14O2S/c1-3-4-5-10-8(9)7(2)6-11/h6-7H,3-5H2,1-2H3. The van der Waals surface area contributed by atoms with E-state index < -0.39 is 0 Å². The van der Waals surface area contributed by atoms with E-state index in [1.807, 2.05) is 0 Å². The number of ether oxygens (including phenoxy) is 1. The van der Waals surface area contributed by atoms with Gasteiger partial charge < -0.3 is 4.74 Å². The van der Waals surface area contributed by atoms with Gasteiger partial charge in [0.25, 0.3) is 0 Å². The number of hydrogen-bond acceptors (Lipinski definition) is 3. The Balaban J connectivity index is 3.44. The van der Waals surface area contributed by atoms with E-state index in [0.29, 0.717) is 6.61 Å². The number of unbranched alkanes of at least 4 members (excludes halogenated alkanes) is 1. The third kappa shape index (κ3) is 4.90. The van der Waals surface area contributed by atoms with Crippen LogP contribution in [0.15, 0.2) is 0 Å². The zero-order valence-electron chi connectivity index (χ0n) is 7.00. The van der Waals surface area contributed by atoms with Crippen LogP contribution in [-0.2, 0) is 9.53 Å². The molecule has 3 heteroatoms. The fourth-order valence-electron chi connectivity index (χ4n) is 0.504. The van der Waals surface area contributed by atoms with Gasteiger partial charge >= 0.3 is 5.97 Å². The van der Waals surface area contributed by atoms with Crippen LogP contribution in [0.5, 0.6) is 0 Å². The summed E-state index contributed by atoms with van der Waals surface area (Å²) in [5.74, 6) is -0.463. The second-order valence-corrected chi connectivity index (χ2v) is 2.72. The van der Waals surface area contributed by atoms with Crippen LogP contribution in [0.2, 0.25) is 0 Å². The van der Waals surface area contributed by atoms with Gasteiger partial charge in [0.15, 0.2) is 0 Å². The Morgan fingerprint density at radius 2 is 2.36 bits per heavy atom. The van der Waals surface area contributed by atoms with Crippen LogP contribution in [0.1, 0.15) is 26.7 Å². The molecule has 0 amide bonds. The average molecular weight is 174 g/mol.